The highest BCUT2D eigenvalue weighted by molar-refractivity contribution is 5.33. The Morgan fingerprint density at radius 2 is 2.05 bits per heavy atom. The van der Waals surface area contributed by atoms with E-state index in [0.29, 0.717) is 0 Å². The Bertz CT molecular complexity index is 414. The maximum atomic E-state index is 5.43. The number of anilines is 1. The molecule has 1 saturated heterocycles. The van der Waals surface area contributed by atoms with Gasteiger partial charge in [0.15, 0.2) is 0 Å². The number of nitrogens with one attached hydrogen (secondary N) is 1. The molecule has 0 spiro atoms. The van der Waals surface area contributed by atoms with Crippen molar-refractivity contribution in [3.8, 4) is 0 Å². The van der Waals surface area contributed by atoms with Crippen LogP contribution in [0.15, 0.2) is 18.2 Å². The molecule has 19 heavy (non-hydrogen) atoms. The molecule has 104 valence electrons. The standard InChI is InChI=1S/C15H24N4/c16-18-15-9-3-7-13(17-15)11-19-10-4-8-14(19)12-5-1-2-6-12/h3,7,9,12,14H,1-2,4-6,8,10-11,16H2,(H,17,18). The smallest absolute Gasteiger partial charge is 0.140 e. The van der Waals surface area contributed by atoms with Crippen molar-refractivity contribution in [2.75, 3.05) is 12.0 Å². The molecule has 4 heteroatoms. The zero-order chi connectivity index (χ0) is 13.1. The van der Waals surface area contributed by atoms with Gasteiger partial charge in [0, 0.05) is 12.6 Å². The fourth-order valence-electron chi connectivity index (χ4n) is 3.78. The predicted molar refractivity (Wildman–Crippen MR) is 77.4 cm³/mol. The first-order chi connectivity index (χ1) is 9.36. The van der Waals surface area contributed by atoms with Gasteiger partial charge in [-0.15, -0.1) is 0 Å². The second kappa shape index (κ2) is 5.88. The molecule has 3 rings (SSSR count). The summed E-state index contributed by atoms with van der Waals surface area (Å²) < 4.78 is 0. The number of hydrogen-bond acceptors (Lipinski definition) is 4. The third-order valence-corrected chi connectivity index (χ3v) is 4.68. The Balaban J connectivity index is 1.67. The molecule has 4 nitrogen and oxygen atoms in total. The van der Waals surface area contributed by atoms with Crippen molar-refractivity contribution >= 4 is 5.82 Å². The molecule has 2 aliphatic rings. The van der Waals surface area contributed by atoms with Crippen molar-refractivity contribution in [3.63, 3.8) is 0 Å². The van der Waals surface area contributed by atoms with E-state index < -0.39 is 0 Å². The van der Waals surface area contributed by atoms with E-state index in [4.69, 9.17) is 5.84 Å². The second-order valence-corrected chi connectivity index (χ2v) is 5.88. The van der Waals surface area contributed by atoms with E-state index in [1.807, 2.05) is 12.1 Å². The Hall–Kier alpha value is -1.13. The van der Waals surface area contributed by atoms with E-state index in [-0.39, 0.29) is 0 Å². The molecule has 2 fully saturated rings. The van der Waals surface area contributed by atoms with Crippen LogP contribution in [0.25, 0.3) is 0 Å². The number of rotatable bonds is 4. The number of nitrogens with zero attached hydrogens (tertiary/aromatic N) is 2. The number of nitrogens with two attached hydrogens (primary N) is 1. The van der Waals surface area contributed by atoms with Crippen molar-refractivity contribution in [1.82, 2.24) is 9.88 Å². The van der Waals surface area contributed by atoms with E-state index in [2.05, 4.69) is 21.4 Å². The van der Waals surface area contributed by atoms with Crippen LogP contribution in [0, 0.1) is 5.92 Å². The monoisotopic (exact) mass is 260 g/mol. The Labute approximate surface area is 115 Å². The van der Waals surface area contributed by atoms with Gasteiger partial charge >= 0.3 is 0 Å². The van der Waals surface area contributed by atoms with Crippen molar-refractivity contribution < 1.29 is 0 Å². The molecule has 0 aromatic carbocycles. The van der Waals surface area contributed by atoms with Crippen LogP contribution >= 0.6 is 0 Å². The number of hydrazine groups is 1. The van der Waals surface area contributed by atoms with Gasteiger partial charge in [-0.3, -0.25) is 4.90 Å². The van der Waals surface area contributed by atoms with E-state index in [1.54, 1.807) is 0 Å². The van der Waals surface area contributed by atoms with Gasteiger partial charge in [0.2, 0.25) is 0 Å². The van der Waals surface area contributed by atoms with E-state index in [1.165, 1.54) is 45.1 Å². The van der Waals surface area contributed by atoms with E-state index in [9.17, 15) is 0 Å². The summed E-state index contributed by atoms with van der Waals surface area (Å²) in [6.45, 7) is 2.19. The van der Waals surface area contributed by atoms with Gasteiger partial charge in [0.25, 0.3) is 0 Å². The van der Waals surface area contributed by atoms with Crippen LogP contribution in [0.1, 0.15) is 44.2 Å². The van der Waals surface area contributed by atoms with E-state index in [0.717, 1.165) is 30.0 Å². The Morgan fingerprint density at radius 1 is 1.21 bits per heavy atom. The highest BCUT2D eigenvalue weighted by Crippen LogP contribution is 2.35. The molecule has 2 heterocycles. The van der Waals surface area contributed by atoms with Crippen molar-refractivity contribution in [2.45, 2.75) is 51.1 Å². The lowest BCUT2D eigenvalue weighted by Crippen LogP contribution is -2.34. The first kappa shape index (κ1) is 12.9. The zero-order valence-electron chi connectivity index (χ0n) is 11.5. The second-order valence-electron chi connectivity index (χ2n) is 5.88. The molecule has 0 radical (unpaired) electrons. The third kappa shape index (κ3) is 2.90. The summed E-state index contributed by atoms with van der Waals surface area (Å²) in [4.78, 5) is 7.18. The van der Waals surface area contributed by atoms with Gasteiger partial charge in [0.1, 0.15) is 5.82 Å². The topological polar surface area (TPSA) is 54.2 Å². The lowest BCUT2D eigenvalue weighted by atomic mass is 9.96. The van der Waals surface area contributed by atoms with Gasteiger partial charge in [-0.25, -0.2) is 10.8 Å². The van der Waals surface area contributed by atoms with Crippen LogP contribution in [-0.2, 0) is 6.54 Å². The average Bonchev–Trinajstić information content (AvgIpc) is 3.09. The molecule has 1 aromatic heterocycles. The first-order valence-corrected chi connectivity index (χ1v) is 7.53. The fraction of sp³-hybridized carbons (Fsp3) is 0.667. The average molecular weight is 260 g/mol. The van der Waals surface area contributed by atoms with Crippen LogP contribution in [-0.4, -0.2) is 22.5 Å². The van der Waals surface area contributed by atoms with Crippen molar-refractivity contribution in [2.24, 2.45) is 11.8 Å². The van der Waals surface area contributed by atoms with Crippen molar-refractivity contribution in [3.05, 3.63) is 23.9 Å². The minimum absolute atomic E-state index is 0.758. The fourth-order valence-corrected chi connectivity index (χ4v) is 3.78. The lowest BCUT2D eigenvalue weighted by Gasteiger charge is -2.29. The number of aromatic nitrogens is 1. The molecule has 1 saturated carbocycles. The van der Waals surface area contributed by atoms with Crippen LogP contribution in [0.5, 0.6) is 0 Å². The molecule has 3 N–H and O–H groups in total. The molecule has 1 aliphatic carbocycles. The largest absolute Gasteiger partial charge is 0.308 e. The van der Waals surface area contributed by atoms with Gasteiger partial charge in [-0.1, -0.05) is 18.9 Å². The zero-order valence-corrected chi connectivity index (χ0v) is 11.5. The number of nitrogen functional groups attached to an aromatic ring is 1. The lowest BCUT2D eigenvalue weighted by molar-refractivity contribution is 0.181. The summed E-state index contributed by atoms with van der Waals surface area (Å²) >= 11 is 0. The predicted octanol–water partition coefficient (Wildman–Crippen LogP) is 2.52. The maximum Gasteiger partial charge on any atom is 0.140 e. The Morgan fingerprint density at radius 3 is 2.84 bits per heavy atom. The molecule has 1 atom stereocenters. The van der Waals surface area contributed by atoms with Crippen LogP contribution in [0.4, 0.5) is 5.82 Å². The van der Waals surface area contributed by atoms with Crippen molar-refractivity contribution in [1.29, 1.82) is 0 Å². The van der Waals surface area contributed by atoms with Crippen LogP contribution in [0.3, 0.4) is 0 Å². The van der Waals surface area contributed by atoms with Gasteiger partial charge in [0.05, 0.1) is 5.69 Å². The molecule has 0 amide bonds. The van der Waals surface area contributed by atoms with E-state index >= 15 is 0 Å². The number of pyridine rings is 1. The minimum Gasteiger partial charge on any atom is -0.308 e. The summed E-state index contributed by atoms with van der Waals surface area (Å²) in [5, 5.41) is 0. The highest BCUT2D eigenvalue weighted by atomic mass is 15.3. The first-order valence-electron chi connectivity index (χ1n) is 7.53. The normalized spacial score (nSPS) is 25.0. The summed E-state index contributed by atoms with van der Waals surface area (Å²) in [6.07, 6.45) is 8.44. The summed E-state index contributed by atoms with van der Waals surface area (Å²) in [5.41, 5.74) is 3.75. The molecule has 1 aliphatic heterocycles. The van der Waals surface area contributed by atoms with Gasteiger partial charge in [-0.2, -0.15) is 0 Å². The Kier molecular flexibility index (Phi) is 3.99. The summed E-state index contributed by atoms with van der Waals surface area (Å²) in [7, 11) is 0. The molecule has 1 aromatic rings. The highest BCUT2D eigenvalue weighted by Gasteiger charge is 2.33. The third-order valence-electron chi connectivity index (χ3n) is 4.68. The molecular formula is C15H24N4. The van der Waals surface area contributed by atoms with Gasteiger partial charge < -0.3 is 5.43 Å². The summed E-state index contributed by atoms with van der Waals surface area (Å²) in [5.74, 6) is 7.12. The molecule has 1 unspecified atom stereocenters. The number of hydrogen-bond donors (Lipinski definition) is 2. The maximum absolute atomic E-state index is 5.43. The SMILES string of the molecule is NNc1cccc(CN2CCCC2C2CCCC2)n1. The summed E-state index contributed by atoms with van der Waals surface area (Å²) in [6, 6.07) is 6.82. The van der Waals surface area contributed by atoms with Crippen LogP contribution < -0.4 is 11.3 Å². The number of likely N-dealkylation sites (tertiary alicyclic amines) is 1. The minimum atomic E-state index is 0.758. The van der Waals surface area contributed by atoms with Gasteiger partial charge in [-0.05, 0) is 50.3 Å². The van der Waals surface area contributed by atoms with Crippen LogP contribution in [0.2, 0.25) is 0 Å². The quantitative estimate of drug-likeness (QED) is 0.645. The molecule has 0 bridgehead atoms. The molecular weight excluding hydrogens is 236 g/mol.